The number of methoxy groups -OCH3 is 1. The molecule has 0 aromatic heterocycles. The number of ether oxygens (including phenoxy) is 1. The molecule has 8 nitrogen and oxygen atoms in total. The number of nitrogens with zero attached hydrogens (tertiary/aromatic N) is 2. The third-order valence-electron chi connectivity index (χ3n) is 5.95. The van der Waals surface area contributed by atoms with Crippen LogP contribution in [0.2, 0.25) is 10.0 Å². The van der Waals surface area contributed by atoms with Gasteiger partial charge in [0.2, 0.25) is 11.8 Å². The summed E-state index contributed by atoms with van der Waals surface area (Å²) >= 11 is 12.4. The Morgan fingerprint density at radius 1 is 1.00 bits per heavy atom. The fourth-order valence-corrected chi connectivity index (χ4v) is 5.63. The van der Waals surface area contributed by atoms with Crippen LogP contribution >= 0.6 is 23.2 Å². The second-order valence-corrected chi connectivity index (χ2v) is 11.3. The number of aryl methyl sites for hydroxylation is 1. The quantitative estimate of drug-likeness (QED) is 0.378. The average molecular weight is 579 g/mol. The number of nitrogens with one attached hydrogen (secondary N) is 1. The van der Waals surface area contributed by atoms with Gasteiger partial charge in [-0.2, -0.15) is 0 Å². The summed E-state index contributed by atoms with van der Waals surface area (Å²) in [6.07, 6.45) is 0. The maximum absolute atomic E-state index is 13.9. The van der Waals surface area contributed by atoms with Gasteiger partial charge in [0, 0.05) is 23.6 Å². The summed E-state index contributed by atoms with van der Waals surface area (Å²) < 4.78 is 34.2. The highest BCUT2D eigenvalue weighted by Crippen LogP contribution is 2.35. The van der Waals surface area contributed by atoms with E-state index in [1.54, 1.807) is 49.4 Å². The molecule has 0 bridgehead atoms. The van der Waals surface area contributed by atoms with Crippen LogP contribution < -0.4 is 14.4 Å². The van der Waals surface area contributed by atoms with Crippen molar-refractivity contribution in [3.05, 3.63) is 87.9 Å². The van der Waals surface area contributed by atoms with Crippen molar-refractivity contribution in [2.24, 2.45) is 0 Å². The third kappa shape index (κ3) is 6.78. The number of rotatable bonds is 10. The molecule has 0 saturated heterocycles. The maximum atomic E-state index is 13.9. The molecule has 0 aliphatic heterocycles. The van der Waals surface area contributed by atoms with Crippen LogP contribution in [0.4, 0.5) is 5.69 Å². The Bertz CT molecular complexity index is 1410. The molecule has 202 valence electrons. The van der Waals surface area contributed by atoms with E-state index in [-0.39, 0.29) is 27.9 Å². The standard InChI is InChI=1S/C27H29Cl2N3O5S/c1-18-8-11-23(12-9-18)38(35,36)32(24-15-22(29)10-13-25(24)37-4)17-26(33)31(19(2)27(34)30-3)16-20-6-5-7-21(28)14-20/h5-15,19H,16-17H2,1-4H3,(H,30,34)/t19-/m0/s1. The van der Waals surface area contributed by atoms with Crippen LogP contribution in [0.15, 0.2) is 71.6 Å². The summed E-state index contributed by atoms with van der Waals surface area (Å²) in [6.45, 7) is 2.82. The first-order valence-electron chi connectivity index (χ1n) is 11.7. The Labute approximate surface area is 233 Å². The molecule has 1 N–H and O–H groups in total. The van der Waals surface area contributed by atoms with Crippen LogP contribution in [-0.4, -0.2) is 51.9 Å². The minimum absolute atomic E-state index is 0.0151. The van der Waals surface area contributed by atoms with Crippen molar-refractivity contribution in [2.45, 2.75) is 31.3 Å². The van der Waals surface area contributed by atoms with Crippen molar-refractivity contribution in [1.29, 1.82) is 0 Å². The molecular formula is C27H29Cl2N3O5S. The number of benzene rings is 3. The Balaban J connectivity index is 2.11. The first-order valence-corrected chi connectivity index (χ1v) is 13.9. The molecule has 0 heterocycles. The lowest BCUT2D eigenvalue weighted by Gasteiger charge is -2.32. The fraction of sp³-hybridized carbons (Fsp3) is 0.259. The highest BCUT2D eigenvalue weighted by Gasteiger charge is 2.33. The van der Waals surface area contributed by atoms with Gasteiger partial charge in [0.25, 0.3) is 10.0 Å². The lowest BCUT2D eigenvalue weighted by atomic mass is 10.1. The maximum Gasteiger partial charge on any atom is 0.264 e. The monoisotopic (exact) mass is 577 g/mol. The minimum atomic E-state index is -4.25. The summed E-state index contributed by atoms with van der Waals surface area (Å²) in [5.74, 6) is -0.814. The van der Waals surface area contributed by atoms with E-state index >= 15 is 0 Å². The zero-order valence-corrected chi connectivity index (χ0v) is 23.8. The van der Waals surface area contributed by atoms with Gasteiger partial charge in [0.05, 0.1) is 17.7 Å². The molecule has 0 saturated carbocycles. The van der Waals surface area contributed by atoms with E-state index in [0.29, 0.717) is 10.6 Å². The van der Waals surface area contributed by atoms with Crippen molar-refractivity contribution >= 4 is 50.7 Å². The Kier molecular flexibility index (Phi) is 9.65. The van der Waals surface area contributed by atoms with Gasteiger partial charge in [-0.1, -0.05) is 53.0 Å². The predicted octanol–water partition coefficient (Wildman–Crippen LogP) is 4.67. The molecular weight excluding hydrogens is 549 g/mol. The number of carbonyl (C=O) groups excluding carboxylic acids is 2. The van der Waals surface area contributed by atoms with Gasteiger partial charge in [-0.15, -0.1) is 0 Å². The number of anilines is 1. The molecule has 3 aromatic rings. The summed E-state index contributed by atoms with van der Waals surface area (Å²) in [5, 5.41) is 3.26. The highest BCUT2D eigenvalue weighted by molar-refractivity contribution is 7.92. The highest BCUT2D eigenvalue weighted by atomic mass is 35.5. The van der Waals surface area contributed by atoms with Crippen molar-refractivity contribution in [2.75, 3.05) is 25.0 Å². The van der Waals surface area contributed by atoms with Gasteiger partial charge in [-0.25, -0.2) is 8.42 Å². The zero-order valence-electron chi connectivity index (χ0n) is 21.4. The second-order valence-electron chi connectivity index (χ2n) is 8.58. The van der Waals surface area contributed by atoms with E-state index in [9.17, 15) is 18.0 Å². The van der Waals surface area contributed by atoms with Crippen LogP contribution in [0.1, 0.15) is 18.1 Å². The molecule has 38 heavy (non-hydrogen) atoms. The van der Waals surface area contributed by atoms with Gasteiger partial charge >= 0.3 is 0 Å². The van der Waals surface area contributed by atoms with Crippen molar-refractivity contribution < 1.29 is 22.7 Å². The SMILES string of the molecule is CNC(=O)[C@H](C)N(Cc1cccc(Cl)c1)C(=O)CN(c1cc(Cl)ccc1OC)S(=O)(=O)c1ccc(C)cc1. The lowest BCUT2D eigenvalue weighted by molar-refractivity contribution is -0.139. The predicted molar refractivity (Wildman–Crippen MR) is 149 cm³/mol. The molecule has 0 aliphatic rings. The summed E-state index contributed by atoms with van der Waals surface area (Å²) in [6, 6.07) is 16.7. The van der Waals surface area contributed by atoms with Crippen molar-refractivity contribution in [3.63, 3.8) is 0 Å². The molecule has 0 aliphatic carbocycles. The van der Waals surface area contributed by atoms with E-state index in [0.717, 1.165) is 9.87 Å². The molecule has 0 fully saturated rings. The topological polar surface area (TPSA) is 96.0 Å². The Morgan fingerprint density at radius 2 is 1.66 bits per heavy atom. The minimum Gasteiger partial charge on any atom is -0.495 e. The van der Waals surface area contributed by atoms with E-state index in [4.69, 9.17) is 27.9 Å². The van der Waals surface area contributed by atoms with Gasteiger partial charge < -0.3 is 15.0 Å². The Hall–Kier alpha value is -3.27. The normalized spacial score (nSPS) is 11.9. The molecule has 0 radical (unpaired) electrons. The van der Waals surface area contributed by atoms with Crippen LogP contribution in [0.25, 0.3) is 0 Å². The number of hydrogen-bond donors (Lipinski definition) is 1. The van der Waals surface area contributed by atoms with Crippen LogP contribution in [0.5, 0.6) is 5.75 Å². The molecule has 2 amide bonds. The van der Waals surface area contributed by atoms with Gasteiger partial charge in [0.15, 0.2) is 0 Å². The number of amides is 2. The van der Waals surface area contributed by atoms with Crippen LogP contribution in [-0.2, 0) is 26.2 Å². The molecule has 0 unspecified atom stereocenters. The summed E-state index contributed by atoms with van der Waals surface area (Å²) in [4.78, 5) is 27.7. The molecule has 0 spiro atoms. The number of sulfonamides is 1. The van der Waals surface area contributed by atoms with Gasteiger partial charge in [0.1, 0.15) is 18.3 Å². The lowest BCUT2D eigenvalue weighted by Crippen LogP contribution is -2.50. The van der Waals surface area contributed by atoms with Gasteiger partial charge in [-0.3, -0.25) is 13.9 Å². The third-order valence-corrected chi connectivity index (χ3v) is 8.20. The average Bonchev–Trinajstić information content (AvgIpc) is 2.89. The Morgan fingerprint density at radius 3 is 2.26 bits per heavy atom. The number of carbonyl (C=O) groups is 2. The van der Waals surface area contributed by atoms with Gasteiger partial charge in [-0.05, 0) is 61.9 Å². The van der Waals surface area contributed by atoms with E-state index in [1.165, 1.54) is 43.3 Å². The molecule has 3 aromatic carbocycles. The number of likely N-dealkylation sites (N-methyl/N-ethyl adjacent to an activating group) is 1. The van der Waals surface area contributed by atoms with Crippen molar-refractivity contribution in [3.8, 4) is 5.75 Å². The second kappa shape index (κ2) is 12.5. The first-order chi connectivity index (χ1) is 18.0. The smallest absolute Gasteiger partial charge is 0.264 e. The fourth-order valence-electron chi connectivity index (χ4n) is 3.83. The molecule has 1 atom stereocenters. The van der Waals surface area contributed by atoms with Crippen molar-refractivity contribution in [1.82, 2.24) is 10.2 Å². The largest absolute Gasteiger partial charge is 0.495 e. The summed E-state index contributed by atoms with van der Waals surface area (Å²) in [7, 11) is -1.40. The molecule has 11 heteroatoms. The molecule has 3 rings (SSSR count). The first kappa shape index (κ1) is 29.3. The number of halogens is 2. The van der Waals surface area contributed by atoms with Crippen LogP contribution in [0, 0.1) is 6.92 Å². The van der Waals surface area contributed by atoms with E-state index < -0.39 is 34.4 Å². The summed E-state index contributed by atoms with van der Waals surface area (Å²) in [5.41, 5.74) is 1.64. The zero-order chi connectivity index (χ0) is 28.0. The van der Waals surface area contributed by atoms with E-state index in [1.807, 2.05) is 6.92 Å². The van der Waals surface area contributed by atoms with E-state index in [2.05, 4.69) is 5.32 Å². The number of hydrogen-bond acceptors (Lipinski definition) is 5. The van der Waals surface area contributed by atoms with Crippen LogP contribution in [0.3, 0.4) is 0 Å².